The minimum atomic E-state index is 0.173. The quantitative estimate of drug-likeness (QED) is 0.280. The van der Waals surface area contributed by atoms with Crippen LogP contribution >= 0.6 is 0 Å². The van der Waals surface area contributed by atoms with Crippen LogP contribution in [0.15, 0.2) is 126 Å². The lowest BCUT2D eigenvalue weighted by atomic mass is 9.59. The van der Waals surface area contributed by atoms with Crippen LogP contribution in [-0.2, 0) is 0 Å². The highest BCUT2D eigenvalue weighted by Crippen LogP contribution is 2.40. The molecule has 10 radical (unpaired) electrons. The third kappa shape index (κ3) is 4.98. The fourth-order valence-electron chi connectivity index (χ4n) is 6.17. The predicted octanol–water partition coefficient (Wildman–Crippen LogP) is 4.08. The molecule has 0 spiro atoms. The molecule has 0 unspecified atom stereocenters. The van der Waals surface area contributed by atoms with Crippen LogP contribution in [-0.4, -0.2) is 54.2 Å². The molecule has 212 valence electrons. The highest BCUT2D eigenvalue weighted by Gasteiger charge is 2.20. The summed E-state index contributed by atoms with van der Waals surface area (Å²) in [7, 11) is 31.0. The average Bonchev–Trinajstić information content (AvgIpc) is 3.53. The van der Waals surface area contributed by atoms with Gasteiger partial charge in [0.15, 0.2) is 17.5 Å². The zero-order valence-electron chi connectivity index (χ0n) is 25.7. The third-order valence-electron chi connectivity index (χ3n) is 8.65. The second-order valence-electron chi connectivity index (χ2n) is 11.5. The molecule has 2 aromatic heterocycles. The van der Waals surface area contributed by atoms with E-state index in [1.807, 2.05) is 97.1 Å². The van der Waals surface area contributed by atoms with Crippen LogP contribution in [0.3, 0.4) is 0 Å². The van der Waals surface area contributed by atoms with E-state index < -0.39 is 0 Å². The van der Waals surface area contributed by atoms with Crippen molar-refractivity contribution in [2.24, 2.45) is 0 Å². The summed E-state index contributed by atoms with van der Waals surface area (Å²) in [6.45, 7) is 0. The van der Waals surface area contributed by atoms with Crippen molar-refractivity contribution in [3.8, 4) is 56.4 Å². The van der Waals surface area contributed by atoms with E-state index in [2.05, 4.69) is 24.3 Å². The molecule has 0 N–H and O–H groups in total. The lowest BCUT2D eigenvalue weighted by Gasteiger charge is -2.21. The fraction of sp³-hybridized carbons (Fsp3) is 0. The summed E-state index contributed by atoms with van der Waals surface area (Å²) >= 11 is 0. The van der Waals surface area contributed by atoms with Crippen LogP contribution in [0.25, 0.3) is 78.4 Å². The Morgan fingerprint density at radius 1 is 0.396 bits per heavy atom. The smallest absolute Gasteiger partial charge is 0.167 e. The molecule has 0 atom stereocenters. The van der Waals surface area contributed by atoms with Crippen molar-refractivity contribution in [2.45, 2.75) is 0 Å². The maximum absolute atomic E-state index is 6.55. The van der Waals surface area contributed by atoms with E-state index in [0.29, 0.717) is 28.6 Å². The first-order valence-electron chi connectivity index (χ1n) is 15.3. The molecule has 0 aliphatic rings. The van der Waals surface area contributed by atoms with E-state index >= 15 is 0 Å². The Morgan fingerprint density at radius 2 is 0.896 bits per heavy atom. The number of aromatic nitrogens is 3. The zero-order valence-corrected chi connectivity index (χ0v) is 25.7. The van der Waals surface area contributed by atoms with Crippen molar-refractivity contribution >= 4 is 88.5 Å². The molecule has 48 heavy (non-hydrogen) atoms. The highest BCUT2D eigenvalue weighted by atomic mass is 16.3. The number of benzene rings is 6. The molecule has 8 aromatic rings. The first-order valence-corrected chi connectivity index (χ1v) is 15.3. The van der Waals surface area contributed by atoms with Crippen LogP contribution in [0, 0.1) is 0 Å². The van der Waals surface area contributed by atoms with Crippen LogP contribution in [0.2, 0.25) is 0 Å². The number of nitrogens with zero attached hydrogens (tertiary/aromatic N) is 3. The van der Waals surface area contributed by atoms with Crippen molar-refractivity contribution in [3.05, 3.63) is 121 Å². The first kappa shape index (κ1) is 29.8. The average molecular weight is 601 g/mol. The molecule has 6 aromatic carbocycles. The maximum Gasteiger partial charge on any atom is 0.167 e. The standard InChI is InChI=1S/C39H20B5N3O/c40-31-29(32(41)34(43)35(44)33(31)42)22-17-19-24(20-18-22)38-45-37(23-11-5-2-6-12-23)46-39(47-38)27-15-7-14-26-30-25(21-9-3-1-4-10-21)13-8-16-28(30)48-36(26)27/h1-20H. The normalized spacial score (nSPS) is 11.3. The van der Waals surface area contributed by atoms with Crippen LogP contribution in [0.4, 0.5) is 0 Å². The number of hydrogen-bond acceptors (Lipinski definition) is 4. The molecule has 4 nitrogen and oxygen atoms in total. The van der Waals surface area contributed by atoms with Gasteiger partial charge < -0.3 is 4.42 Å². The van der Waals surface area contributed by atoms with Crippen molar-refractivity contribution < 1.29 is 4.42 Å². The van der Waals surface area contributed by atoms with Gasteiger partial charge in [0.05, 0.1) is 5.56 Å². The molecule has 0 amide bonds. The lowest BCUT2D eigenvalue weighted by molar-refractivity contribution is 0.669. The second-order valence-corrected chi connectivity index (χ2v) is 11.5. The number of hydrogen-bond donors (Lipinski definition) is 0. The molecular weight excluding hydrogens is 581 g/mol. The summed E-state index contributed by atoms with van der Waals surface area (Å²) in [5.74, 6) is 1.51. The second kappa shape index (κ2) is 11.9. The first-order chi connectivity index (χ1) is 23.4. The van der Waals surface area contributed by atoms with E-state index in [0.717, 1.165) is 49.7 Å². The Kier molecular flexibility index (Phi) is 7.41. The fourth-order valence-corrected chi connectivity index (χ4v) is 6.17. The van der Waals surface area contributed by atoms with E-state index in [9.17, 15) is 0 Å². The summed E-state index contributed by atoms with van der Waals surface area (Å²) in [4.78, 5) is 14.8. The zero-order chi connectivity index (χ0) is 32.9. The molecular formula is C39H20B5N3O. The summed E-state index contributed by atoms with van der Waals surface area (Å²) < 4.78 is 6.55. The minimum absolute atomic E-state index is 0.173. The molecule has 8 rings (SSSR count). The van der Waals surface area contributed by atoms with E-state index in [1.165, 1.54) is 0 Å². The Balaban J connectivity index is 1.30. The van der Waals surface area contributed by atoms with Crippen molar-refractivity contribution in [1.82, 2.24) is 15.0 Å². The number of rotatable bonds is 5. The lowest BCUT2D eigenvalue weighted by Crippen LogP contribution is -2.55. The minimum Gasteiger partial charge on any atom is -0.455 e. The van der Waals surface area contributed by atoms with Crippen molar-refractivity contribution in [1.29, 1.82) is 0 Å². The number of fused-ring (bicyclic) bond motifs is 3. The Labute approximate surface area is 284 Å². The highest BCUT2D eigenvalue weighted by molar-refractivity contribution is 6.68. The monoisotopic (exact) mass is 601 g/mol. The van der Waals surface area contributed by atoms with Gasteiger partial charge in [-0.3, -0.25) is 0 Å². The summed E-state index contributed by atoms with van der Waals surface area (Å²) in [5.41, 5.74) is 8.44. The van der Waals surface area contributed by atoms with Crippen LogP contribution < -0.4 is 27.3 Å². The van der Waals surface area contributed by atoms with Crippen LogP contribution in [0.5, 0.6) is 0 Å². The Morgan fingerprint density at radius 3 is 1.54 bits per heavy atom. The van der Waals surface area contributed by atoms with Gasteiger partial charge >= 0.3 is 0 Å². The molecule has 9 heteroatoms. The Bertz CT molecular complexity index is 2470. The maximum atomic E-state index is 6.55. The van der Waals surface area contributed by atoms with Gasteiger partial charge in [0, 0.05) is 21.9 Å². The van der Waals surface area contributed by atoms with Crippen LogP contribution in [0.1, 0.15) is 0 Å². The van der Waals surface area contributed by atoms with E-state index in [4.69, 9.17) is 58.6 Å². The number of furan rings is 1. The van der Waals surface area contributed by atoms with E-state index in [1.54, 1.807) is 0 Å². The molecule has 0 aliphatic carbocycles. The summed E-state index contributed by atoms with van der Waals surface area (Å²) in [5, 5.41) is 2.02. The van der Waals surface area contributed by atoms with Gasteiger partial charge in [-0.1, -0.05) is 120 Å². The molecule has 0 fully saturated rings. The van der Waals surface area contributed by atoms with Gasteiger partial charge in [-0.25, -0.2) is 15.0 Å². The summed E-state index contributed by atoms with van der Waals surface area (Å²) in [6.07, 6.45) is 0. The molecule has 0 saturated heterocycles. The van der Waals surface area contributed by atoms with Gasteiger partial charge in [0.25, 0.3) is 0 Å². The van der Waals surface area contributed by atoms with E-state index in [-0.39, 0.29) is 27.3 Å². The van der Waals surface area contributed by atoms with Crippen molar-refractivity contribution in [2.75, 3.05) is 0 Å². The largest absolute Gasteiger partial charge is 0.455 e. The van der Waals surface area contributed by atoms with Gasteiger partial charge in [-0.2, -0.15) is 0 Å². The van der Waals surface area contributed by atoms with Gasteiger partial charge in [0.2, 0.25) is 0 Å². The SMILES string of the molecule is [B]c1c([B])c([B])c(-c2ccc(-c3nc(-c4ccccc4)nc(-c4cccc5c4oc4cccc(-c6ccccc6)c45)n3)cc2)c([B])c1[B]. The van der Waals surface area contributed by atoms with Crippen molar-refractivity contribution in [3.63, 3.8) is 0 Å². The topological polar surface area (TPSA) is 51.8 Å². The molecule has 0 bridgehead atoms. The molecule has 0 aliphatic heterocycles. The van der Waals surface area contributed by atoms with Gasteiger partial charge in [-0.15, -0.1) is 16.4 Å². The Hall–Kier alpha value is -5.55. The van der Waals surface area contributed by atoms with Gasteiger partial charge in [0.1, 0.15) is 50.4 Å². The third-order valence-corrected chi connectivity index (χ3v) is 8.65. The molecule has 0 saturated carbocycles. The predicted molar refractivity (Wildman–Crippen MR) is 201 cm³/mol. The number of para-hydroxylation sites is 1. The molecule has 2 heterocycles. The summed E-state index contributed by atoms with van der Waals surface area (Å²) in [6, 6.07) is 39.9. The van der Waals surface area contributed by atoms with Gasteiger partial charge in [-0.05, 0) is 34.4 Å².